The van der Waals surface area contributed by atoms with Crippen LogP contribution in [0.2, 0.25) is 0 Å². The van der Waals surface area contributed by atoms with Crippen molar-refractivity contribution in [3.63, 3.8) is 0 Å². The molecular weight excluding hydrogens is 310 g/mol. The van der Waals surface area contributed by atoms with E-state index in [0.29, 0.717) is 0 Å². The second kappa shape index (κ2) is 6.71. The van der Waals surface area contributed by atoms with Gasteiger partial charge in [-0.25, -0.2) is 4.98 Å². The summed E-state index contributed by atoms with van der Waals surface area (Å²) in [4.78, 5) is 21.0. The summed E-state index contributed by atoms with van der Waals surface area (Å²) in [6, 6.07) is 17.6. The number of aromatic amines is 1. The predicted molar refractivity (Wildman–Crippen MR) is 101 cm³/mol. The number of para-hydroxylation sites is 2. The number of carbonyl (C=O) groups is 1. The van der Waals surface area contributed by atoms with Crippen LogP contribution >= 0.6 is 0 Å². The van der Waals surface area contributed by atoms with E-state index < -0.39 is 5.41 Å². The molecule has 25 heavy (non-hydrogen) atoms. The van der Waals surface area contributed by atoms with E-state index in [2.05, 4.69) is 29.1 Å². The molecule has 3 aromatic rings. The smallest absolute Gasteiger partial charge is 0.230 e. The summed E-state index contributed by atoms with van der Waals surface area (Å²) in [6.45, 7) is 8.09. The minimum atomic E-state index is -0.611. The van der Waals surface area contributed by atoms with Crippen molar-refractivity contribution in [1.82, 2.24) is 15.3 Å². The number of hydrogen-bond donors (Lipinski definition) is 2. The van der Waals surface area contributed by atoms with Gasteiger partial charge >= 0.3 is 0 Å². The lowest BCUT2D eigenvalue weighted by Gasteiger charge is -2.28. The second-order valence-electron chi connectivity index (χ2n) is 7.33. The lowest BCUT2D eigenvalue weighted by Crippen LogP contribution is -2.43. The molecule has 1 aromatic heterocycles. The molecule has 4 nitrogen and oxygen atoms in total. The fourth-order valence-corrected chi connectivity index (χ4v) is 2.98. The highest BCUT2D eigenvalue weighted by Crippen LogP contribution is 2.27. The van der Waals surface area contributed by atoms with Crippen molar-refractivity contribution in [3.05, 3.63) is 66.0 Å². The standard InChI is InChI=1S/C21H25N3O/c1-14(2)18(19-22-16-12-8-9-13-17(16)23-19)24-20(25)21(3,4)15-10-6-5-7-11-15/h5-14,18H,1-4H3,(H,22,23)(H,24,25)/t18-/m0/s1. The molecule has 0 bridgehead atoms. The Morgan fingerprint density at radius 3 is 2.32 bits per heavy atom. The van der Waals surface area contributed by atoms with Gasteiger partial charge in [0.25, 0.3) is 0 Å². The lowest BCUT2D eigenvalue weighted by molar-refractivity contribution is -0.126. The number of nitrogens with one attached hydrogen (secondary N) is 2. The molecule has 1 amide bonds. The van der Waals surface area contributed by atoms with Crippen LogP contribution in [0.1, 0.15) is 45.1 Å². The van der Waals surface area contributed by atoms with E-state index in [1.54, 1.807) is 0 Å². The Balaban J connectivity index is 1.88. The van der Waals surface area contributed by atoms with Gasteiger partial charge in [0.1, 0.15) is 5.82 Å². The van der Waals surface area contributed by atoms with Crippen molar-refractivity contribution in [2.24, 2.45) is 5.92 Å². The Bertz CT molecular complexity index is 832. The van der Waals surface area contributed by atoms with Crippen molar-refractivity contribution in [1.29, 1.82) is 0 Å². The molecule has 0 saturated heterocycles. The molecule has 1 heterocycles. The van der Waals surface area contributed by atoms with Gasteiger partial charge < -0.3 is 10.3 Å². The molecule has 0 saturated carbocycles. The number of fused-ring (bicyclic) bond motifs is 1. The van der Waals surface area contributed by atoms with Gasteiger partial charge in [0, 0.05) is 0 Å². The van der Waals surface area contributed by atoms with E-state index in [1.165, 1.54) is 0 Å². The van der Waals surface area contributed by atoms with Gasteiger partial charge in [-0.15, -0.1) is 0 Å². The van der Waals surface area contributed by atoms with Gasteiger partial charge in [-0.3, -0.25) is 4.79 Å². The van der Waals surface area contributed by atoms with Crippen LogP contribution in [0.5, 0.6) is 0 Å². The van der Waals surface area contributed by atoms with Gasteiger partial charge in [0.2, 0.25) is 5.91 Å². The fourth-order valence-electron chi connectivity index (χ4n) is 2.98. The first-order chi connectivity index (χ1) is 11.9. The van der Waals surface area contributed by atoms with E-state index in [9.17, 15) is 4.79 Å². The molecule has 0 radical (unpaired) electrons. The second-order valence-corrected chi connectivity index (χ2v) is 7.33. The third kappa shape index (κ3) is 3.43. The minimum Gasteiger partial charge on any atom is -0.345 e. The summed E-state index contributed by atoms with van der Waals surface area (Å²) in [6.07, 6.45) is 0. The maximum absolute atomic E-state index is 13.0. The van der Waals surface area contributed by atoms with Gasteiger partial charge in [0.15, 0.2) is 0 Å². The van der Waals surface area contributed by atoms with Crippen molar-refractivity contribution in [3.8, 4) is 0 Å². The Morgan fingerprint density at radius 2 is 1.68 bits per heavy atom. The third-order valence-electron chi connectivity index (χ3n) is 4.72. The Hall–Kier alpha value is -2.62. The van der Waals surface area contributed by atoms with Crippen LogP contribution in [0.25, 0.3) is 11.0 Å². The molecule has 1 atom stereocenters. The number of nitrogens with zero attached hydrogens (tertiary/aromatic N) is 1. The number of aromatic nitrogens is 2. The summed E-state index contributed by atoms with van der Waals surface area (Å²) in [5.41, 5.74) is 2.29. The van der Waals surface area contributed by atoms with Crippen molar-refractivity contribution in [2.45, 2.75) is 39.2 Å². The van der Waals surface area contributed by atoms with Crippen LogP contribution in [0.4, 0.5) is 0 Å². The number of benzene rings is 2. The van der Waals surface area contributed by atoms with Gasteiger partial charge in [0.05, 0.1) is 22.5 Å². The highest BCUT2D eigenvalue weighted by Gasteiger charge is 2.33. The Kier molecular flexibility index (Phi) is 4.62. The Labute approximate surface area is 148 Å². The number of carbonyl (C=O) groups excluding carboxylic acids is 1. The normalized spacial score (nSPS) is 13.2. The number of H-pyrrole nitrogens is 1. The molecule has 130 valence electrons. The maximum Gasteiger partial charge on any atom is 0.230 e. The first-order valence-electron chi connectivity index (χ1n) is 8.70. The average Bonchev–Trinajstić information content (AvgIpc) is 3.03. The lowest BCUT2D eigenvalue weighted by atomic mass is 9.83. The van der Waals surface area contributed by atoms with Crippen LogP contribution in [0, 0.1) is 5.92 Å². The summed E-state index contributed by atoms with van der Waals surface area (Å²) in [7, 11) is 0. The summed E-state index contributed by atoms with van der Waals surface area (Å²) in [5, 5.41) is 3.20. The number of hydrogen-bond acceptors (Lipinski definition) is 2. The molecule has 0 aliphatic carbocycles. The highest BCUT2D eigenvalue weighted by molar-refractivity contribution is 5.87. The van der Waals surface area contributed by atoms with Crippen molar-refractivity contribution < 1.29 is 4.79 Å². The summed E-state index contributed by atoms with van der Waals surface area (Å²) >= 11 is 0. The zero-order valence-corrected chi connectivity index (χ0v) is 15.2. The molecule has 2 N–H and O–H groups in total. The zero-order valence-electron chi connectivity index (χ0n) is 15.2. The highest BCUT2D eigenvalue weighted by atomic mass is 16.2. The average molecular weight is 335 g/mol. The van der Waals surface area contributed by atoms with Gasteiger partial charge in [-0.2, -0.15) is 0 Å². The topological polar surface area (TPSA) is 57.8 Å². The van der Waals surface area contributed by atoms with Crippen molar-refractivity contribution in [2.75, 3.05) is 0 Å². The van der Waals surface area contributed by atoms with Crippen LogP contribution < -0.4 is 5.32 Å². The van der Waals surface area contributed by atoms with E-state index in [1.807, 2.05) is 68.4 Å². The number of imidazole rings is 1. The first-order valence-corrected chi connectivity index (χ1v) is 8.70. The minimum absolute atomic E-state index is 0.00199. The summed E-state index contributed by atoms with van der Waals surface area (Å²) < 4.78 is 0. The van der Waals surface area contributed by atoms with Crippen LogP contribution in [0.3, 0.4) is 0 Å². The number of rotatable bonds is 5. The Morgan fingerprint density at radius 1 is 1.04 bits per heavy atom. The van der Waals surface area contributed by atoms with E-state index in [-0.39, 0.29) is 17.9 Å². The third-order valence-corrected chi connectivity index (χ3v) is 4.72. The molecule has 0 spiro atoms. The molecule has 0 unspecified atom stereocenters. The number of amides is 1. The molecule has 4 heteroatoms. The molecule has 0 aliphatic rings. The quantitative estimate of drug-likeness (QED) is 0.728. The van der Waals surface area contributed by atoms with Gasteiger partial charge in [-0.05, 0) is 37.5 Å². The van der Waals surface area contributed by atoms with Crippen molar-refractivity contribution >= 4 is 16.9 Å². The largest absolute Gasteiger partial charge is 0.345 e. The fraction of sp³-hybridized carbons (Fsp3) is 0.333. The molecule has 2 aromatic carbocycles. The molecule has 0 aliphatic heterocycles. The summed E-state index contributed by atoms with van der Waals surface area (Å²) in [5.74, 6) is 1.02. The van der Waals surface area contributed by atoms with E-state index in [0.717, 1.165) is 22.4 Å². The molecule has 3 rings (SSSR count). The molecular formula is C21H25N3O. The van der Waals surface area contributed by atoms with Gasteiger partial charge in [-0.1, -0.05) is 56.3 Å². The first kappa shape index (κ1) is 17.2. The monoisotopic (exact) mass is 335 g/mol. The van der Waals surface area contributed by atoms with Crippen LogP contribution in [-0.4, -0.2) is 15.9 Å². The zero-order chi connectivity index (χ0) is 18.0. The van der Waals surface area contributed by atoms with E-state index >= 15 is 0 Å². The van der Waals surface area contributed by atoms with Crippen LogP contribution in [0.15, 0.2) is 54.6 Å². The van der Waals surface area contributed by atoms with E-state index in [4.69, 9.17) is 0 Å². The molecule has 0 fully saturated rings. The maximum atomic E-state index is 13.0. The SMILES string of the molecule is CC(C)[C@H](NC(=O)C(C)(C)c1ccccc1)c1nc2ccccc2[nH]1. The predicted octanol–water partition coefficient (Wildman–Crippen LogP) is 4.35. The van der Waals surface area contributed by atoms with Crippen LogP contribution in [-0.2, 0) is 10.2 Å².